The second-order valence-electron chi connectivity index (χ2n) is 5.56. The molecule has 100 valence electrons. The number of halogens is 2. The van der Waals surface area contributed by atoms with Gasteiger partial charge in [0.25, 0.3) is 0 Å². The van der Waals surface area contributed by atoms with Crippen molar-refractivity contribution in [1.29, 1.82) is 0 Å². The van der Waals surface area contributed by atoms with Crippen LogP contribution in [0.2, 0.25) is 0 Å². The summed E-state index contributed by atoms with van der Waals surface area (Å²) in [7, 11) is 1.97. The van der Waals surface area contributed by atoms with Gasteiger partial charge in [0.2, 0.25) is 11.8 Å². The molecule has 1 aromatic heterocycles. The van der Waals surface area contributed by atoms with E-state index >= 15 is 0 Å². The van der Waals surface area contributed by atoms with Crippen LogP contribution in [0.25, 0.3) is 0 Å². The van der Waals surface area contributed by atoms with Crippen LogP contribution in [0.15, 0.2) is 4.52 Å². The highest BCUT2D eigenvalue weighted by atomic mass is 19.3. The van der Waals surface area contributed by atoms with Gasteiger partial charge in [-0.05, 0) is 13.5 Å². The Bertz CT molecular complexity index is 456. The Morgan fingerprint density at radius 3 is 2.72 bits per heavy atom. The zero-order chi connectivity index (χ0) is 13.0. The van der Waals surface area contributed by atoms with E-state index in [2.05, 4.69) is 15.0 Å². The zero-order valence-electron chi connectivity index (χ0n) is 10.2. The largest absolute Gasteiger partial charge is 0.337 e. The van der Waals surface area contributed by atoms with Crippen LogP contribution in [-0.2, 0) is 5.54 Å². The Hall–Kier alpha value is -1.08. The van der Waals surface area contributed by atoms with E-state index in [1.807, 2.05) is 7.05 Å². The molecule has 7 heteroatoms. The number of likely N-dealkylation sites (tertiary alicyclic amines) is 1. The third-order valence-corrected chi connectivity index (χ3v) is 3.81. The van der Waals surface area contributed by atoms with Gasteiger partial charge in [-0.25, -0.2) is 8.78 Å². The third kappa shape index (κ3) is 1.91. The molecule has 18 heavy (non-hydrogen) atoms. The van der Waals surface area contributed by atoms with Crippen LogP contribution in [0.3, 0.4) is 0 Å². The highest BCUT2D eigenvalue weighted by molar-refractivity contribution is 5.11. The smallest absolute Gasteiger partial charge is 0.249 e. The molecule has 2 aliphatic rings. The van der Waals surface area contributed by atoms with Crippen LogP contribution in [0, 0.1) is 0 Å². The molecule has 3 rings (SSSR count). The average Bonchev–Trinajstić information content (AvgIpc) is 2.83. The summed E-state index contributed by atoms with van der Waals surface area (Å²) in [6.07, 6.45) is 0.360. The van der Waals surface area contributed by atoms with Crippen molar-refractivity contribution in [2.24, 2.45) is 5.73 Å². The number of nitrogens with two attached hydrogens (primary N) is 1. The Labute approximate surface area is 103 Å². The van der Waals surface area contributed by atoms with Gasteiger partial charge in [-0.3, -0.25) is 0 Å². The van der Waals surface area contributed by atoms with E-state index < -0.39 is 11.5 Å². The van der Waals surface area contributed by atoms with Gasteiger partial charge in [0.15, 0.2) is 5.82 Å². The summed E-state index contributed by atoms with van der Waals surface area (Å²) in [4.78, 5) is 6.31. The fourth-order valence-electron chi connectivity index (χ4n) is 2.65. The molecule has 2 fully saturated rings. The molecule has 1 aromatic rings. The maximum Gasteiger partial charge on any atom is 0.249 e. The van der Waals surface area contributed by atoms with E-state index in [1.54, 1.807) is 0 Å². The maximum absolute atomic E-state index is 12.8. The first kappa shape index (κ1) is 12.0. The summed E-state index contributed by atoms with van der Waals surface area (Å²) in [5.74, 6) is -2.12. The van der Waals surface area contributed by atoms with Crippen LogP contribution < -0.4 is 5.73 Å². The molecule has 1 unspecified atom stereocenters. The minimum atomic E-state index is -2.57. The molecule has 0 radical (unpaired) electrons. The van der Waals surface area contributed by atoms with Gasteiger partial charge in [0.05, 0.1) is 0 Å². The minimum Gasteiger partial charge on any atom is -0.337 e. The molecule has 1 aliphatic carbocycles. The molecular weight excluding hydrogens is 242 g/mol. The number of hydrogen-bond acceptors (Lipinski definition) is 5. The monoisotopic (exact) mass is 258 g/mol. The second kappa shape index (κ2) is 3.71. The van der Waals surface area contributed by atoms with Crippen LogP contribution in [0.4, 0.5) is 8.78 Å². The fraction of sp³-hybridized carbons (Fsp3) is 0.818. The average molecular weight is 258 g/mol. The van der Waals surface area contributed by atoms with E-state index in [0.717, 1.165) is 13.0 Å². The second-order valence-corrected chi connectivity index (χ2v) is 5.56. The molecule has 5 nitrogen and oxygen atoms in total. The maximum atomic E-state index is 12.8. The SMILES string of the molecule is CN1CCC(N)(c2nc(C3CC(F)(F)C3)no2)C1. The minimum absolute atomic E-state index is 0.191. The lowest BCUT2D eigenvalue weighted by atomic mass is 9.81. The Kier molecular flexibility index (Phi) is 2.47. The molecule has 0 spiro atoms. The Morgan fingerprint density at radius 1 is 1.44 bits per heavy atom. The molecule has 0 bridgehead atoms. The Balaban J connectivity index is 1.74. The molecule has 0 aromatic carbocycles. The molecule has 2 N–H and O–H groups in total. The summed E-state index contributed by atoms with van der Waals surface area (Å²) in [6.45, 7) is 1.52. The van der Waals surface area contributed by atoms with Gasteiger partial charge in [-0.2, -0.15) is 4.98 Å². The normalized spacial score (nSPS) is 32.7. The van der Waals surface area contributed by atoms with Gasteiger partial charge in [-0.1, -0.05) is 5.16 Å². The Morgan fingerprint density at radius 2 is 2.17 bits per heavy atom. The summed E-state index contributed by atoms with van der Waals surface area (Å²) >= 11 is 0. The first-order valence-corrected chi connectivity index (χ1v) is 6.07. The van der Waals surface area contributed by atoms with Gasteiger partial charge in [0.1, 0.15) is 5.54 Å². The van der Waals surface area contributed by atoms with Gasteiger partial charge in [0, 0.05) is 31.8 Å². The number of rotatable bonds is 2. The van der Waals surface area contributed by atoms with Crippen LogP contribution in [0.1, 0.15) is 36.9 Å². The predicted octanol–water partition coefficient (Wildman–Crippen LogP) is 1.07. The summed E-state index contributed by atoms with van der Waals surface area (Å²) in [5, 5.41) is 3.80. The van der Waals surface area contributed by atoms with Gasteiger partial charge < -0.3 is 15.2 Å². The third-order valence-electron chi connectivity index (χ3n) is 3.81. The lowest BCUT2D eigenvalue weighted by molar-refractivity contribution is -0.0888. The predicted molar refractivity (Wildman–Crippen MR) is 59.2 cm³/mol. The van der Waals surface area contributed by atoms with Crippen molar-refractivity contribution >= 4 is 0 Å². The number of nitrogens with zero attached hydrogens (tertiary/aromatic N) is 3. The summed E-state index contributed by atoms with van der Waals surface area (Å²) in [6, 6.07) is 0. The van der Waals surface area contributed by atoms with Crippen molar-refractivity contribution in [2.75, 3.05) is 20.1 Å². The number of likely N-dealkylation sites (N-methyl/N-ethyl adjacent to an activating group) is 1. The van der Waals surface area contributed by atoms with Crippen molar-refractivity contribution in [1.82, 2.24) is 15.0 Å². The van der Waals surface area contributed by atoms with Crippen molar-refractivity contribution in [3.05, 3.63) is 11.7 Å². The van der Waals surface area contributed by atoms with Crippen LogP contribution >= 0.6 is 0 Å². The first-order valence-electron chi connectivity index (χ1n) is 6.07. The topological polar surface area (TPSA) is 68.2 Å². The molecule has 1 saturated heterocycles. The van der Waals surface area contributed by atoms with Crippen molar-refractivity contribution in [3.63, 3.8) is 0 Å². The molecule has 0 amide bonds. The van der Waals surface area contributed by atoms with E-state index in [-0.39, 0.29) is 18.8 Å². The van der Waals surface area contributed by atoms with Crippen molar-refractivity contribution in [3.8, 4) is 0 Å². The van der Waals surface area contributed by atoms with E-state index in [9.17, 15) is 8.78 Å². The quantitative estimate of drug-likeness (QED) is 0.859. The van der Waals surface area contributed by atoms with Crippen molar-refractivity contribution < 1.29 is 13.3 Å². The summed E-state index contributed by atoms with van der Waals surface area (Å²) in [5.41, 5.74) is 5.58. The van der Waals surface area contributed by atoms with Crippen LogP contribution in [0.5, 0.6) is 0 Å². The van der Waals surface area contributed by atoms with Crippen molar-refractivity contribution in [2.45, 2.75) is 36.6 Å². The zero-order valence-corrected chi connectivity index (χ0v) is 10.2. The number of aromatic nitrogens is 2. The number of hydrogen-bond donors (Lipinski definition) is 1. The molecule has 1 atom stereocenters. The number of alkyl halides is 2. The van der Waals surface area contributed by atoms with E-state index in [1.165, 1.54) is 0 Å². The summed E-state index contributed by atoms with van der Waals surface area (Å²) < 4.78 is 30.7. The van der Waals surface area contributed by atoms with E-state index in [4.69, 9.17) is 10.3 Å². The fourth-order valence-corrected chi connectivity index (χ4v) is 2.65. The highest BCUT2D eigenvalue weighted by Crippen LogP contribution is 2.47. The molecular formula is C11H16F2N4O. The lowest BCUT2D eigenvalue weighted by Gasteiger charge is -2.32. The molecule has 1 aliphatic heterocycles. The highest BCUT2D eigenvalue weighted by Gasteiger charge is 2.49. The first-order chi connectivity index (χ1) is 8.38. The molecule has 1 saturated carbocycles. The van der Waals surface area contributed by atoms with Gasteiger partial charge in [-0.15, -0.1) is 0 Å². The van der Waals surface area contributed by atoms with Crippen LogP contribution in [-0.4, -0.2) is 41.1 Å². The molecule has 2 heterocycles. The standard InChI is InChI=1S/C11H16F2N4O/c1-17-3-2-10(14,6-17)9-15-8(16-18-9)7-4-11(12,13)5-7/h7H,2-6,14H2,1H3. The van der Waals surface area contributed by atoms with E-state index in [0.29, 0.717) is 18.3 Å². The van der Waals surface area contributed by atoms with Gasteiger partial charge >= 0.3 is 0 Å². The lowest BCUT2D eigenvalue weighted by Crippen LogP contribution is -2.39.